The van der Waals surface area contributed by atoms with E-state index in [-0.39, 0.29) is 0 Å². The highest BCUT2D eigenvalue weighted by Gasteiger charge is 2.14. The number of nitrogens with one attached hydrogen (secondary N) is 1. The van der Waals surface area contributed by atoms with Gasteiger partial charge in [0, 0.05) is 12.4 Å². The molecule has 0 saturated carbocycles. The molecular formula is C15H15N3O2S. The lowest BCUT2D eigenvalue weighted by Gasteiger charge is -2.09. The predicted octanol–water partition coefficient (Wildman–Crippen LogP) is 3.42. The number of methoxy groups -OCH3 is 2. The van der Waals surface area contributed by atoms with Gasteiger partial charge in [0.2, 0.25) is 0 Å². The number of fused-ring (bicyclic) bond motifs is 1. The Morgan fingerprint density at radius 3 is 2.67 bits per heavy atom. The van der Waals surface area contributed by atoms with Crippen molar-refractivity contribution in [2.45, 2.75) is 0 Å². The zero-order chi connectivity index (χ0) is 14.8. The Morgan fingerprint density at radius 1 is 1.10 bits per heavy atom. The van der Waals surface area contributed by atoms with Crippen LogP contribution in [0.4, 0.5) is 5.82 Å². The molecule has 0 atom stereocenters. The van der Waals surface area contributed by atoms with Gasteiger partial charge in [-0.15, -0.1) is 11.3 Å². The number of anilines is 1. The maximum absolute atomic E-state index is 5.35. The van der Waals surface area contributed by atoms with Crippen LogP contribution in [-0.2, 0) is 0 Å². The molecule has 0 aliphatic rings. The third kappa shape index (κ3) is 2.38. The van der Waals surface area contributed by atoms with Gasteiger partial charge >= 0.3 is 0 Å². The average Bonchev–Trinajstić information content (AvgIpc) is 3.01. The fourth-order valence-electron chi connectivity index (χ4n) is 2.15. The SMILES string of the molecule is CNc1nc(-c2sccc2OC)nc2ccc(OC)cc12. The summed E-state index contributed by atoms with van der Waals surface area (Å²) in [6, 6.07) is 7.67. The van der Waals surface area contributed by atoms with Gasteiger partial charge in [-0.3, -0.25) is 0 Å². The van der Waals surface area contributed by atoms with E-state index in [9.17, 15) is 0 Å². The van der Waals surface area contributed by atoms with E-state index in [0.717, 1.165) is 33.1 Å². The molecule has 0 amide bonds. The largest absolute Gasteiger partial charge is 0.497 e. The zero-order valence-corrected chi connectivity index (χ0v) is 12.8. The van der Waals surface area contributed by atoms with E-state index in [1.165, 1.54) is 0 Å². The molecule has 2 aromatic heterocycles. The van der Waals surface area contributed by atoms with Crippen LogP contribution < -0.4 is 14.8 Å². The number of ether oxygens (including phenoxy) is 2. The van der Waals surface area contributed by atoms with Crippen LogP contribution >= 0.6 is 11.3 Å². The fourth-order valence-corrected chi connectivity index (χ4v) is 2.94. The molecule has 2 heterocycles. The van der Waals surface area contributed by atoms with Gasteiger partial charge in [0.05, 0.1) is 19.7 Å². The third-order valence-electron chi connectivity index (χ3n) is 3.19. The maximum atomic E-state index is 5.35. The molecule has 1 aromatic carbocycles. The Bertz CT molecular complexity index is 786. The first-order valence-corrected chi connectivity index (χ1v) is 7.30. The minimum atomic E-state index is 0.656. The van der Waals surface area contributed by atoms with Crippen molar-refractivity contribution in [3.8, 4) is 22.2 Å². The molecule has 21 heavy (non-hydrogen) atoms. The van der Waals surface area contributed by atoms with Crippen LogP contribution in [0, 0.1) is 0 Å². The Morgan fingerprint density at radius 2 is 1.95 bits per heavy atom. The highest BCUT2D eigenvalue weighted by atomic mass is 32.1. The van der Waals surface area contributed by atoms with Crippen molar-refractivity contribution in [2.24, 2.45) is 0 Å². The number of thiophene rings is 1. The van der Waals surface area contributed by atoms with E-state index >= 15 is 0 Å². The summed E-state index contributed by atoms with van der Waals surface area (Å²) in [6.45, 7) is 0. The molecule has 0 radical (unpaired) electrons. The Hall–Kier alpha value is -2.34. The second-order valence-corrected chi connectivity index (χ2v) is 5.26. The van der Waals surface area contributed by atoms with Crippen LogP contribution in [0.5, 0.6) is 11.5 Å². The monoisotopic (exact) mass is 301 g/mol. The second kappa shape index (κ2) is 5.57. The summed E-state index contributed by atoms with van der Waals surface area (Å²) in [4.78, 5) is 10.2. The van der Waals surface area contributed by atoms with Crippen LogP contribution in [0.25, 0.3) is 21.6 Å². The standard InChI is InChI=1S/C15H15N3O2S/c1-16-14-10-8-9(19-2)4-5-11(10)17-15(18-14)13-12(20-3)6-7-21-13/h4-8H,1-3H3,(H,16,17,18). The summed E-state index contributed by atoms with van der Waals surface area (Å²) < 4.78 is 10.6. The molecule has 3 aromatic rings. The molecule has 1 N–H and O–H groups in total. The lowest BCUT2D eigenvalue weighted by atomic mass is 10.2. The minimum Gasteiger partial charge on any atom is -0.497 e. The number of hydrogen-bond acceptors (Lipinski definition) is 6. The Balaban J connectivity index is 2.22. The van der Waals surface area contributed by atoms with E-state index in [0.29, 0.717) is 5.82 Å². The van der Waals surface area contributed by atoms with Crippen LogP contribution in [0.3, 0.4) is 0 Å². The fraction of sp³-hybridized carbons (Fsp3) is 0.200. The topological polar surface area (TPSA) is 56.3 Å². The molecule has 0 saturated heterocycles. The van der Waals surface area contributed by atoms with Gasteiger partial charge in [-0.1, -0.05) is 0 Å². The summed E-state index contributed by atoms with van der Waals surface area (Å²) in [7, 11) is 5.14. The van der Waals surface area contributed by atoms with Gasteiger partial charge in [0.15, 0.2) is 5.82 Å². The highest BCUT2D eigenvalue weighted by Crippen LogP contribution is 2.35. The van der Waals surface area contributed by atoms with Crippen molar-refractivity contribution in [3.05, 3.63) is 29.6 Å². The van der Waals surface area contributed by atoms with Crippen molar-refractivity contribution >= 4 is 28.1 Å². The van der Waals surface area contributed by atoms with E-state index in [1.807, 2.05) is 36.7 Å². The van der Waals surface area contributed by atoms with Gasteiger partial charge in [-0.25, -0.2) is 9.97 Å². The lowest BCUT2D eigenvalue weighted by molar-refractivity contribution is 0.415. The molecule has 0 aliphatic heterocycles. The second-order valence-electron chi connectivity index (χ2n) is 4.35. The Kier molecular flexibility index (Phi) is 3.62. The van der Waals surface area contributed by atoms with Gasteiger partial charge in [0.25, 0.3) is 0 Å². The van der Waals surface area contributed by atoms with Crippen molar-refractivity contribution in [1.82, 2.24) is 9.97 Å². The van der Waals surface area contributed by atoms with E-state index in [2.05, 4.69) is 15.3 Å². The first-order chi connectivity index (χ1) is 10.3. The molecule has 0 bridgehead atoms. The minimum absolute atomic E-state index is 0.656. The third-order valence-corrected chi connectivity index (χ3v) is 4.08. The summed E-state index contributed by atoms with van der Waals surface area (Å²) in [5, 5.41) is 6.01. The Labute approximate surface area is 126 Å². The van der Waals surface area contributed by atoms with Crippen LogP contribution in [-0.4, -0.2) is 31.2 Å². The van der Waals surface area contributed by atoms with Crippen molar-refractivity contribution in [1.29, 1.82) is 0 Å². The number of rotatable bonds is 4. The quantitative estimate of drug-likeness (QED) is 0.800. The van der Waals surface area contributed by atoms with Crippen LogP contribution in [0.1, 0.15) is 0 Å². The maximum Gasteiger partial charge on any atom is 0.176 e. The predicted molar refractivity (Wildman–Crippen MR) is 85.5 cm³/mol. The van der Waals surface area contributed by atoms with Gasteiger partial charge in [-0.05, 0) is 29.6 Å². The molecular weight excluding hydrogens is 286 g/mol. The van der Waals surface area contributed by atoms with Crippen molar-refractivity contribution in [2.75, 3.05) is 26.6 Å². The van der Waals surface area contributed by atoms with Gasteiger partial charge < -0.3 is 14.8 Å². The van der Waals surface area contributed by atoms with Gasteiger partial charge in [0.1, 0.15) is 22.2 Å². The summed E-state index contributed by atoms with van der Waals surface area (Å²) >= 11 is 1.56. The zero-order valence-electron chi connectivity index (χ0n) is 12.0. The number of benzene rings is 1. The summed E-state index contributed by atoms with van der Waals surface area (Å²) in [5.41, 5.74) is 0.862. The number of hydrogen-bond donors (Lipinski definition) is 1. The first kappa shape index (κ1) is 13.6. The molecule has 0 aliphatic carbocycles. The van der Waals surface area contributed by atoms with Crippen molar-refractivity contribution < 1.29 is 9.47 Å². The highest BCUT2D eigenvalue weighted by molar-refractivity contribution is 7.13. The summed E-state index contributed by atoms with van der Waals surface area (Å²) in [6.07, 6.45) is 0. The van der Waals surface area contributed by atoms with E-state index in [4.69, 9.17) is 9.47 Å². The van der Waals surface area contributed by atoms with Crippen molar-refractivity contribution in [3.63, 3.8) is 0 Å². The summed E-state index contributed by atoms with van der Waals surface area (Å²) in [5.74, 6) is 2.99. The first-order valence-electron chi connectivity index (χ1n) is 6.42. The van der Waals surface area contributed by atoms with E-state index in [1.54, 1.807) is 25.6 Å². The van der Waals surface area contributed by atoms with Gasteiger partial charge in [-0.2, -0.15) is 0 Å². The lowest BCUT2D eigenvalue weighted by Crippen LogP contribution is -1.99. The molecule has 6 heteroatoms. The van der Waals surface area contributed by atoms with Crippen LogP contribution in [0.15, 0.2) is 29.6 Å². The molecule has 5 nitrogen and oxygen atoms in total. The molecule has 0 spiro atoms. The van der Waals surface area contributed by atoms with Crippen LogP contribution in [0.2, 0.25) is 0 Å². The molecule has 3 rings (SSSR count). The number of aromatic nitrogens is 2. The normalized spacial score (nSPS) is 10.6. The average molecular weight is 301 g/mol. The molecule has 0 fully saturated rings. The molecule has 108 valence electrons. The smallest absolute Gasteiger partial charge is 0.176 e. The number of nitrogens with zero attached hydrogens (tertiary/aromatic N) is 2. The molecule has 0 unspecified atom stereocenters. The van der Waals surface area contributed by atoms with E-state index < -0.39 is 0 Å².